The van der Waals surface area contributed by atoms with E-state index >= 15 is 0 Å². The molecule has 1 amide bonds. The third kappa shape index (κ3) is 4.02. The van der Waals surface area contributed by atoms with Crippen LogP contribution in [0.4, 0.5) is 5.13 Å². The van der Waals surface area contributed by atoms with Crippen LogP contribution in [0.25, 0.3) is 22.0 Å². The molecule has 0 atom stereocenters. The molecule has 0 aliphatic carbocycles. The second-order valence-electron chi connectivity index (χ2n) is 7.50. The number of carbonyl (C=O) groups is 2. The number of anilines is 1. The third-order valence-electron chi connectivity index (χ3n) is 5.23. The summed E-state index contributed by atoms with van der Waals surface area (Å²) >= 11 is 1.27. The molecule has 4 aromatic rings. The Morgan fingerprint density at radius 2 is 1.75 bits per heavy atom. The summed E-state index contributed by atoms with van der Waals surface area (Å²) in [5.74, 6) is -1.80. The first-order chi connectivity index (χ1) is 15.2. The number of carboxylic acid groups (broad SMARTS) is 1. The van der Waals surface area contributed by atoms with E-state index in [9.17, 15) is 19.5 Å². The monoisotopic (exact) mass is 448 g/mol. The van der Waals surface area contributed by atoms with E-state index in [0.717, 1.165) is 27.1 Å². The maximum absolute atomic E-state index is 12.7. The van der Waals surface area contributed by atoms with Crippen molar-refractivity contribution in [1.82, 2.24) is 14.8 Å². The maximum Gasteiger partial charge on any atom is 0.357 e. The highest BCUT2D eigenvalue weighted by Gasteiger charge is 2.18. The normalized spacial score (nSPS) is 11.0. The summed E-state index contributed by atoms with van der Waals surface area (Å²) in [5, 5.41) is 18.7. The van der Waals surface area contributed by atoms with Crippen molar-refractivity contribution >= 4 is 39.1 Å². The van der Waals surface area contributed by atoms with Gasteiger partial charge in [0.15, 0.2) is 10.8 Å². The number of aromatic carboxylic acids is 1. The molecule has 0 radical (unpaired) electrons. The molecule has 9 heteroatoms. The van der Waals surface area contributed by atoms with Crippen molar-refractivity contribution in [3.8, 4) is 11.3 Å². The third-order valence-corrected chi connectivity index (χ3v) is 5.99. The Hall–Kier alpha value is -3.85. The minimum atomic E-state index is -1.27. The van der Waals surface area contributed by atoms with E-state index in [1.165, 1.54) is 29.0 Å². The molecule has 0 saturated heterocycles. The number of aryl methyl sites for hydroxylation is 3. The molecule has 32 heavy (non-hydrogen) atoms. The summed E-state index contributed by atoms with van der Waals surface area (Å²) < 4.78 is 0.864. The Kier molecular flexibility index (Phi) is 5.58. The number of amides is 1. The maximum atomic E-state index is 12.7. The number of thiazole rings is 1. The highest BCUT2D eigenvalue weighted by Crippen LogP contribution is 2.29. The Balaban J connectivity index is 1.59. The van der Waals surface area contributed by atoms with Gasteiger partial charge in [-0.2, -0.15) is 5.10 Å². The smallest absolute Gasteiger partial charge is 0.357 e. The summed E-state index contributed by atoms with van der Waals surface area (Å²) in [5.41, 5.74) is 4.36. The van der Waals surface area contributed by atoms with Crippen LogP contribution in [0, 0.1) is 20.8 Å². The van der Waals surface area contributed by atoms with Crippen molar-refractivity contribution in [1.29, 1.82) is 0 Å². The largest absolute Gasteiger partial charge is 0.476 e. The van der Waals surface area contributed by atoms with E-state index in [-0.39, 0.29) is 16.5 Å². The average molecular weight is 449 g/mol. The van der Waals surface area contributed by atoms with E-state index in [1.807, 2.05) is 19.2 Å². The molecule has 0 saturated carbocycles. The molecular formula is C23H20N4O4S. The zero-order valence-corrected chi connectivity index (χ0v) is 18.5. The number of hydrogen-bond acceptors (Lipinski definition) is 6. The van der Waals surface area contributed by atoms with Crippen LogP contribution in [0.2, 0.25) is 0 Å². The van der Waals surface area contributed by atoms with E-state index < -0.39 is 24.0 Å². The van der Waals surface area contributed by atoms with Gasteiger partial charge in [0.25, 0.3) is 5.56 Å². The van der Waals surface area contributed by atoms with Crippen LogP contribution in [0.5, 0.6) is 0 Å². The van der Waals surface area contributed by atoms with Gasteiger partial charge in [-0.1, -0.05) is 24.3 Å². The summed E-state index contributed by atoms with van der Waals surface area (Å²) in [6.07, 6.45) is 0. The fraction of sp³-hybridized carbons (Fsp3) is 0.174. The van der Waals surface area contributed by atoms with Crippen LogP contribution in [0.15, 0.2) is 46.6 Å². The number of carbonyl (C=O) groups excluding carboxylic acids is 1. The predicted molar refractivity (Wildman–Crippen MR) is 123 cm³/mol. The molecule has 0 bridgehead atoms. The number of rotatable bonds is 5. The zero-order valence-electron chi connectivity index (χ0n) is 17.7. The van der Waals surface area contributed by atoms with E-state index in [4.69, 9.17) is 0 Å². The van der Waals surface area contributed by atoms with Gasteiger partial charge in [-0.3, -0.25) is 9.59 Å². The lowest BCUT2D eigenvalue weighted by molar-refractivity contribution is -0.117. The van der Waals surface area contributed by atoms with Crippen LogP contribution in [-0.2, 0) is 11.3 Å². The number of aromatic nitrogens is 3. The second kappa shape index (κ2) is 8.35. The van der Waals surface area contributed by atoms with Gasteiger partial charge in [-0.15, -0.1) is 11.3 Å². The van der Waals surface area contributed by atoms with E-state index in [0.29, 0.717) is 5.13 Å². The highest BCUT2D eigenvalue weighted by atomic mass is 32.1. The molecule has 2 aromatic heterocycles. The molecule has 2 aromatic carbocycles. The van der Waals surface area contributed by atoms with Gasteiger partial charge in [-0.25, -0.2) is 14.5 Å². The van der Waals surface area contributed by atoms with Crippen LogP contribution in [0.3, 0.4) is 0 Å². The van der Waals surface area contributed by atoms with Crippen molar-refractivity contribution in [3.63, 3.8) is 0 Å². The minimum absolute atomic E-state index is 0.189. The standard InChI is InChI=1S/C23H20N4O4S/c1-12-8-14(3)17(9-13(12)2)18-11-32-23(24-18)25-19(28)10-27-21(29)16-7-5-4-6-15(16)20(26-27)22(30)31/h4-9,11H,10H2,1-3H3,(H,30,31)(H,24,25,28). The summed E-state index contributed by atoms with van der Waals surface area (Å²) in [6.45, 7) is 5.67. The number of nitrogens with one attached hydrogen (secondary N) is 1. The summed E-state index contributed by atoms with van der Waals surface area (Å²) in [7, 11) is 0. The molecule has 162 valence electrons. The predicted octanol–water partition coefficient (Wildman–Crippen LogP) is 3.78. The Labute approximate surface area is 187 Å². The van der Waals surface area contributed by atoms with Crippen LogP contribution >= 0.6 is 11.3 Å². The van der Waals surface area contributed by atoms with Crippen molar-refractivity contribution < 1.29 is 14.7 Å². The minimum Gasteiger partial charge on any atom is -0.476 e. The molecule has 0 fully saturated rings. The molecule has 0 spiro atoms. The fourth-order valence-electron chi connectivity index (χ4n) is 3.49. The fourth-order valence-corrected chi connectivity index (χ4v) is 4.21. The van der Waals surface area contributed by atoms with Crippen LogP contribution < -0.4 is 10.9 Å². The lowest BCUT2D eigenvalue weighted by atomic mass is 9.99. The van der Waals surface area contributed by atoms with Crippen molar-refractivity contribution in [2.24, 2.45) is 0 Å². The summed E-state index contributed by atoms with van der Waals surface area (Å²) in [6, 6.07) is 10.5. The lowest BCUT2D eigenvalue weighted by Crippen LogP contribution is -2.31. The number of hydrogen-bond donors (Lipinski definition) is 2. The number of nitrogens with zero attached hydrogens (tertiary/aromatic N) is 3. The average Bonchev–Trinajstić information content (AvgIpc) is 3.20. The zero-order chi connectivity index (χ0) is 23.0. The number of benzene rings is 2. The van der Waals surface area contributed by atoms with Crippen LogP contribution in [0.1, 0.15) is 27.2 Å². The number of carboxylic acids is 1. The highest BCUT2D eigenvalue weighted by molar-refractivity contribution is 7.14. The van der Waals surface area contributed by atoms with Crippen molar-refractivity contribution in [2.45, 2.75) is 27.3 Å². The first-order valence-electron chi connectivity index (χ1n) is 9.81. The Morgan fingerprint density at radius 3 is 2.47 bits per heavy atom. The first kappa shape index (κ1) is 21.4. The summed E-state index contributed by atoms with van der Waals surface area (Å²) in [4.78, 5) is 41.3. The van der Waals surface area contributed by atoms with Gasteiger partial charge in [-0.05, 0) is 49.6 Å². The second-order valence-corrected chi connectivity index (χ2v) is 8.36. The molecule has 2 heterocycles. The lowest BCUT2D eigenvalue weighted by Gasteiger charge is -2.09. The molecule has 4 rings (SSSR count). The Morgan fingerprint density at radius 1 is 1.06 bits per heavy atom. The van der Waals surface area contributed by atoms with E-state index in [1.54, 1.807) is 12.1 Å². The quantitative estimate of drug-likeness (QED) is 0.480. The Bertz CT molecular complexity index is 1440. The van der Waals surface area contributed by atoms with Gasteiger partial charge in [0, 0.05) is 16.3 Å². The van der Waals surface area contributed by atoms with Crippen molar-refractivity contribution in [2.75, 3.05) is 5.32 Å². The van der Waals surface area contributed by atoms with Gasteiger partial charge >= 0.3 is 5.97 Å². The molecule has 2 N–H and O–H groups in total. The van der Waals surface area contributed by atoms with E-state index in [2.05, 4.69) is 34.5 Å². The molecular weight excluding hydrogens is 428 g/mol. The van der Waals surface area contributed by atoms with Crippen molar-refractivity contribution in [3.05, 3.63) is 74.5 Å². The molecule has 8 nitrogen and oxygen atoms in total. The SMILES string of the molecule is Cc1cc(C)c(-c2csc(NC(=O)Cn3nc(C(=O)O)c4ccccc4c3=O)n2)cc1C. The van der Waals surface area contributed by atoms with Gasteiger partial charge in [0.2, 0.25) is 5.91 Å². The topological polar surface area (TPSA) is 114 Å². The molecule has 0 unspecified atom stereocenters. The van der Waals surface area contributed by atoms with Gasteiger partial charge in [0.05, 0.1) is 11.1 Å². The first-order valence-corrected chi connectivity index (χ1v) is 10.7. The number of fused-ring (bicyclic) bond motifs is 1. The molecule has 0 aliphatic rings. The van der Waals surface area contributed by atoms with Gasteiger partial charge < -0.3 is 10.4 Å². The molecule has 0 aliphatic heterocycles. The van der Waals surface area contributed by atoms with Crippen LogP contribution in [-0.4, -0.2) is 31.7 Å². The van der Waals surface area contributed by atoms with Gasteiger partial charge in [0.1, 0.15) is 6.54 Å².